The van der Waals surface area contributed by atoms with E-state index < -0.39 is 0 Å². The number of carbonyl (C=O) groups is 2. The lowest BCUT2D eigenvalue weighted by molar-refractivity contribution is 0.0776. The fourth-order valence-corrected chi connectivity index (χ4v) is 2.48. The maximum Gasteiger partial charge on any atom is 0.256 e. The predicted molar refractivity (Wildman–Crippen MR) is 95.3 cm³/mol. The van der Waals surface area contributed by atoms with E-state index in [4.69, 9.17) is 4.42 Å². The molecule has 0 fully saturated rings. The molecular weight excluding hydrogens is 316 g/mol. The highest BCUT2D eigenvalue weighted by Gasteiger charge is 2.18. The van der Waals surface area contributed by atoms with Crippen LogP contribution in [0.3, 0.4) is 0 Å². The minimum absolute atomic E-state index is 0.194. The average Bonchev–Trinajstić information content (AvgIpc) is 3.15. The molecule has 2 aromatic carbocycles. The van der Waals surface area contributed by atoms with Gasteiger partial charge in [-0.2, -0.15) is 0 Å². The van der Waals surface area contributed by atoms with Gasteiger partial charge < -0.3 is 14.6 Å². The number of rotatable bonds is 5. The van der Waals surface area contributed by atoms with Gasteiger partial charge in [0.2, 0.25) is 0 Å². The van der Waals surface area contributed by atoms with Crippen molar-refractivity contribution >= 4 is 17.5 Å². The molecule has 0 saturated heterocycles. The molecule has 25 heavy (non-hydrogen) atoms. The van der Waals surface area contributed by atoms with Crippen LogP contribution < -0.4 is 5.32 Å². The van der Waals surface area contributed by atoms with Crippen LogP contribution in [0, 0.1) is 0 Å². The van der Waals surface area contributed by atoms with Crippen LogP contribution in [-0.4, -0.2) is 23.8 Å². The van der Waals surface area contributed by atoms with Crippen molar-refractivity contribution in [3.05, 3.63) is 89.9 Å². The Morgan fingerprint density at radius 1 is 0.960 bits per heavy atom. The Labute approximate surface area is 145 Å². The summed E-state index contributed by atoms with van der Waals surface area (Å²) in [7, 11) is 1.70. The average molecular weight is 334 g/mol. The number of amides is 2. The van der Waals surface area contributed by atoms with E-state index in [-0.39, 0.29) is 11.8 Å². The van der Waals surface area contributed by atoms with E-state index in [1.165, 1.54) is 0 Å². The standard InChI is InChI=1S/C20H18N2O3/c1-22(14-16-10-7-13-25-16)20(24)17-11-5-6-12-18(17)21-19(23)15-8-3-2-4-9-15/h2-13H,14H2,1H3,(H,21,23). The molecule has 0 aliphatic carbocycles. The summed E-state index contributed by atoms with van der Waals surface area (Å²) < 4.78 is 5.28. The Hall–Kier alpha value is -3.34. The Morgan fingerprint density at radius 3 is 2.40 bits per heavy atom. The number of anilines is 1. The number of hydrogen-bond donors (Lipinski definition) is 1. The molecule has 1 aromatic heterocycles. The van der Waals surface area contributed by atoms with Crippen molar-refractivity contribution in [3.63, 3.8) is 0 Å². The summed E-state index contributed by atoms with van der Waals surface area (Å²) in [5.74, 6) is 0.247. The van der Waals surface area contributed by atoms with Gasteiger partial charge in [0.15, 0.2) is 0 Å². The number of nitrogens with one attached hydrogen (secondary N) is 1. The van der Waals surface area contributed by atoms with Crippen molar-refractivity contribution in [3.8, 4) is 0 Å². The molecule has 2 amide bonds. The van der Waals surface area contributed by atoms with Crippen molar-refractivity contribution in [2.45, 2.75) is 6.54 Å². The molecule has 0 bridgehead atoms. The first kappa shape index (κ1) is 16.5. The molecular formula is C20H18N2O3. The van der Waals surface area contributed by atoms with Gasteiger partial charge in [-0.15, -0.1) is 0 Å². The first-order valence-corrected chi connectivity index (χ1v) is 7.88. The number of benzene rings is 2. The molecule has 0 unspecified atom stereocenters. The third kappa shape index (κ3) is 3.95. The molecule has 126 valence electrons. The van der Waals surface area contributed by atoms with Crippen LogP contribution in [-0.2, 0) is 6.54 Å². The van der Waals surface area contributed by atoms with Crippen molar-refractivity contribution in [2.24, 2.45) is 0 Å². The highest BCUT2D eigenvalue weighted by Crippen LogP contribution is 2.19. The van der Waals surface area contributed by atoms with Crippen molar-refractivity contribution in [2.75, 3.05) is 12.4 Å². The second-order valence-corrected chi connectivity index (χ2v) is 5.61. The SMILES string of the molecule is CN(Cc1ccco1)C(=O)c1ccccc1NC(=O)c1ccccc1. The van der Waals surface area contributed by atoms with Gasteiger partial charge in [0, 0.05) is 12.6 Å². The molecule has 5 heteroatoms. The zero-order valence-electron chi connectivity index (χ0n) is 13.8. The zero-order valence-corrected chi connectivity index (χ0v) is 13.8. The minimum atomic E-state index is -0.255. The van der Waals surface area contributed by atoms with E-state index in [2.05, 4.69) is 5.32 Å². The van der Waals surface area contributed by atoms with Gasteiger partial charge >= 0.3 is 0 Å². The highest BCUT2D eigenvalue weighted by atomic mass is 16.3. The van der Waals surface area contributed by atoms with Gasteiger partial charge in [0.1, 0.15) is 5.76 Å². The second kappa shape index (κ2) is 7.49. The molecule has 1 N–H and O–H groups in total. The van der Waals surface area contributed by atoms with Gasteiger partial charge in [-0.1, -0.05) is 30.3 Å². The van der Waals surface area contributed by atoms with Gasteiger partial charge in [-0.25, -0.2) is 0 Å². The zero-order chi connectivity index (χ0) is 17.6. The molecule has 3 rings (SSSR count). The second-order valence-electron chi connectivity index (χ2n) is 5.61. The van der Waals surface area contributed by atoms with E-state index >= 15 is 0 Å². The Bertz CT molecular complexity index is 858. The quantitative estimate of drug-likeness (QED) is 0.772. The van der Waals surface area contributed by atoms with Crippen LogP contribution >= 0.6 is 0 Å². The fraction of sp³-hybridized carbons (Fsp3) is 0.100. The largest absolute Gasteiger partial charge is 0.467 e. The van der Waals surface area contributed by atoms with Crippen LogP contribution in [0.15, 0.2) is 77.4 Å². The van der Waals surface area contributed by atoms with Gasteiger partial charge in [0.05, 0.1) is 24.1 Å². The Morgan fingerprint density at radius 2 is 1.68 bits per heavy atom. The maximum absolute atomic E-state index is 12.7. The summed E-state index contributed by atoms with van der Waals surface area (Å²) in [5.41, 5.74) is 1.45. The molecule has 0 spiro atoms. The minimum Gasteiger partial charge on any atom is -0.467 e. The van der Waals surface area contributed by atoms with Gasteiger partial charge in [0.25, 0.3) is 11.8 Å². The summed E-state index contributed by atoms with van der Waals surface area (Å²) in [5, 5.41) is 2.81. The predicted octanol–water partition coefficient (Wildman–Crippen LogP) is 3.80. The monoisotopic (exact) mass is 334 g/mol. The van der Waals surface area contributed by atoms with E-state index in [0.717, 1.165) is 0 Å². The first-order valence-electron chi connectivity index (χ1n) is 7.88. The number of furan rings is 1. The van der Waals surface area contributed by atoms with Crippen molar-refractivity contribution < 1.29 is 14.0 Å². The summed E-state index contributed by atoms with van der Waals surface area (Å²) in [4.78, 5) is 26.7. The number of nitrogens with zero attached hydrogens (tertiary/aromatic N) is 1. The van der Waals surface area contributed by atoms with Gasteiger partial charge in [-0.3, -0.25) is 9.59 Å². The molecule has 0 atom stereocenters. The molecule has 3 aromatic rings. The lowest BCUT2D eigenvalue weighted by Crippen LogP contribution is -2.27. The molecule has 1 heterocycles. The summed E-state index contributed by atoms with van der Waals surface area (Å²) >= 11 is 0. The smallest absolute Gasteiger partial charge is 0.256 e. The number of hydrogen-bond acceptors (Lipinski definition) is 3. The Kier molecular flexibility index (Phi) is 4.95. The third-order valence-electron chi connectivity index (χ3n) is 3.76. The number of para-hydroxylation sites is 1. The Balaban J connectivity index is 1.78. The first-order chi connectivity index (χ1) is 12.1. The summed E-state index contributed by atoms with van der Waals surface area (Å²) in [6.45, 7) is 0.354. The normalized spacial score (nSPS) is 10.3. The van der Waals surface area contributed by atoms with E-state index in [9.17, 15) is 9.59 Å². The molecule has 0 aliphatic rings. The van der Waals surface area contributed by atoms with Gasteiger partial charge in [-0.05, 0) is 36.4 Å². The molecule has 0 saturated carbocycles. The van der Waals surface area contributed by atoms with E-state index in [0.29, 0.717) is 29.1 Å². The molecule has 0 aliphatic heterocycles. The molecule has 0 radical (unpaired) electrons. The van der Waals surface area contributed by atoms with Crippen molar-refractivity contribution in [1.82, 2.24) is 4.90 Å². The van der Waals surface area contributed by atoms with Crippen molar-refractivity contribution in [1.29, 1.82) is 0 Å². The third-order valence-corrected chi connectivity index (χ3v) is 3.76. The van der Waals surface area contributed by atoms with E-state index in [1.807, 2.05) is 12.1 Å². The van der Waals surface area contributed by atoms with E-state index in [1.54, 1.807) is 72.8 Å². The number of carbonyl (C=O) groups excluding carboxylic acids is 2. The highest BCUT2D eigenvalue weighted by molar-refractivity contribution is 6.08. The van der Waals surface area contributed by atoms with Crippen LogP contribution in [0.5, 0.6) is 0 Å². The van der Waals surface area contributed by atoms with Crippen LogP contribution in [0.2, 0.25) is 0 Å². The topological polar surface area (TPSA) is 62.6 Å². The van der Waals surface area contributed by atoms with Crippen LogP contribution in [0.25, 0.3) is 0 Å². The van der Waals surface area contributed by atoms with Crippen LogP contribution in [0.4, 0.5) is 5.69 Å². The van der Waals surface area contributed by atoms with Crippen LogP contribution in [0.1, 0.15) is 26.5 Å². The maximum atomic E-state index is 12.7. The summed E-state index contributed by atoms with van der Waals surface area (Å²) in [6, 6.07) is 19.4. The lowest BCUT2D eigenvalue weighted by atomic mass is 10.1. The molecule has 5 nitrogen and oxygen atoms in total. The lowest BCUT2D eigenvalue weighted by Gasteiger charge is -2.18. The fourth-order valence-electron chi connectivity index (χ4n) is 2.48. The summed E-state index contributed by atoms with van der Waals surface area (Å²) in [6.07, 6.45) is 1.57.